The molecule has 0 heterocycles. The van der Waals surface area contributed by atoms with E-state index in [0.29, 0.717) is 6.61 Å². The molecule has 0 spiro atoms. The molecule has 2 aromatic rings. The standard InChI is InChI=1S/C22H26N2O3/c1-2-12-26-20-9-5-6-17(13-20)15-23-24-22(25)16-27-21-11-10-18-7-3-4-8-19(18)14-21/h5-6,9-11,13-15H,2-4,7-8,12,16H2,1H3,(H,24,25). The topological polar surface area (TPSA) is 59.9 Å². The molecule has 1 aliphatic rings. The average molecular weight is 366 g/mol. The van der Waals surface area contributed by atoms with E-state index in [4.69, 9.17) is 9.47 Å². The zero-order chi connectivity index (χ0) is 18.9. The van der Waals surface area contributed by atoms with Gasteiger partial charge in [-0.25, -0.2) is 5.43 Å². The van der Waals surface area contributed by atoms with Crippen molar-refractivity contribution in [2.24, 2.45) is 5.10 Å². The predicted octanol–water partition coefficient (Wildman–Crippen LogP) is 3.88. The maximum absolute atomic E-state index is 11.9. The highest BCUT2D eigenvalue weighted by atomic mass is 16.5. The summed E-state index contributed by atoms with van der Waals surface area (Å²) in [5, 5.41) is 3.99. The summed E-state index contributed by atoms with van der Waals surface area (Å²) < 4.78 is 11.2. The second-order valence-electron chi connectivity index (χ2n) is 6.64. The molecule has 0 aromatic heterocycles. The molecule has 0 aliphatic heterocycles. The van der Waals surface area contributed by atoms with Gasteiger partial charge >= 0.3 is 0 Å². The Morgan fingerprint density at radius 3 is 2.74 bits per heavy atom. The smallest absolute Gasteiger partial charge is 0.277 e. The van der Waals surface area contributed by atoms with Crippen LogP contribution in [0.5, 0.6) is 11.5 Å². The van der Waals surface area contributed by atoms with Crippen LogP contribution in [0.3, 0.4) is 0 Å². The summed E-state index contributed by atoms with van der Waals surface area (Å²) in [5.41, 5.74) is 6.08. The third-order valence-corrected chi connectivity index (χ3v) is 4.42. The lowest BCUT2D eigenvalue weighted by Gasteiger charge is -2.16. The summed E-state index contributed by atoms with van der Waals surface area (Å²) in [4.78, 5) is 11.9. The third kappa shape index (κ3) is 5.84. The summed E-state index contributed by atoms with van der Waals surface area (Å²) in [5.74, 6) is 1.24. The van der Waals surface area contributed by atoms with E-state index >= 15 is 0 Å². The quantitative estimate of drug-likeness (QED) is 0.570. The Morgan fingerprint density at radius 2 is 1.89 bits per heavy atom. The van der Waals surface area contributed by atoms with Crippen LogP contribution in [0.25, 0.3) is 0 Å². The summed E-state index contributed by atoms with van der Waals surface area (Å²) in [6, 6.07) is 13.7. The molecule has 3 rings (SSSR count). The fraction of sp³-hybridized carbons (Fsp3) is 0.364. The molecule has 0 saturated heterocycles. The molecule has 2 aromatic carbocycles. The van der Waals surface area contributed by atoms with Crippen LogP contribution in [-0.2, 0) is 17.6 Å². The Morgan fingerprint density at radius 1 is 1.07 bits per heavy atom. The predicted molar refractivity (Wildman–Crippen MR) is 107 cm³/mol. The number of ether oxygens (including phenoxy) is 2. The number of aryl methyl sites for hydroxylation is 2. The second-order valence-corrected chi connectivity index (χ2v) is 6.64. The Kier molecular flexibility index (Phi) is 6.85. The maximum Gasteiger partial charge on any atom is 0.277 e. The van der Waals surface area contributed by atoms with Gasteiger partial charge in [-0.2, -0.15) is 5.10 Å². The molecule has 1 amide bonds. The van der Waals surface area contributed by atoms with Crippen molar-refractivity contribution < 1.29 is 14.3 Å². The first-order chi connectivity index (χ1) is 13.2. The lowest BCUT2D eigenvalue weighted by atomic mass is 9.92. The molecule has 5 heteroatoms. The fourth-order valence-electron chi connectivity index (χ4n) is 3.06. The molecule has 0 atom stereocenters. The number of nitrogens with zero attached hydrogens (tertiary/aromatic N) is 1. The van der Waals surface area contributed by atoms with E-state index in [-0.39, 0.29) is 12.5 Å². The molecule has 142 valence electrons. The van der Waals surface area contributed by atoms with Crippen LogP contribution in [0.2, 0.25) is 0 Å². The number of rotatable bonds is 8. The van der Waals surface area contributed by atoms with Crippen molar-refractivity contribution in [3.63, 3.8) is 0 Å². The second kappa shape index (κ2) is 9.76. The van der Waals surface area contributed by atoms with Gasteiger partial charge in [-0.05, 0) is 73.1 Å². The molecule has 0 fully saturated rings. The highest BCUT2D eigenvalue weighted by molar-refractivity contribution is 5.83. The van der Waals surface area contributed by atoms with Crippen molar-refractivity contribution in [2.75, 3.05) is 13.2 Å². The molecule has 0 bridgehead atoms. The Hall–Kier alpha value is -2.82. The summed E-state index contributed by atoms with van der Waals surface area (Å²) in [6.07, 6.45) is 7.24. The van der Waals surface area contributed by atoms with Gasteiger partial charge in [0, 0.05) is 0 Å². The van der Waals surface area contributed by atoms with Crippen LogP contribution < -0.4 is 14.9 Å². The van der Waals surface area contributed by atoms with Crippen molar-refractivity contribution in [2.45, 2.75) is 39.0 Å². The van der Waals surface area contributed by atoms with Crippen molar-refractivity contribution in [1.82, 2.24) is 5.43 Å². The van der Waals surface area contributed by atoms with E-state index < -0.39 is 0 Å². The Balaban J connectivity index is 1.46. The number of carbonyl (C=O) groups is 1. The van der Waals surface area contributed by atoms with E-state index in [0.717, 1.165) is 36.3 Å². The minimum Gasteiger partial charge on any atom is -0.494 e. The minimum atomic E-state index is -0.289. The molecule has 0 saturated carbocycles. The van der Waals surface area contributed by atoms with Gasteiger partial charge in [0.05, 0.1) is 12.8 Å². The SMILES string of the molecule is CCCOc1cccc(C=NNC(=O)COc2ccc3c(c2)CCCC3)c1. The first-order valence-electron chi connectivity index (χ1n) is 9.54. The van der Waals surface area contributed by atoms with Gasteiger partial charge in [-0.15, -0.1) is 0 Å². The van der Waals surface area contributed by atoms with Gasteiger partial charge in [0.25, 0.3) is 5.91 Å². The summed E-state index contributed by atoms with van der Waals surface area (Å²) in [7, 11) is 0. The van der Waals surface area contributed by atoms with E-state index in [9.17, 15) is 4.79 Å². The van der Waals surface area contributed by atoms with E-state index in [1.165, 1.54) is 24.0 Å². The van der Waals surface area contributed by atoms with E-state index in [2.05, 4.69) is 23.5 Å². The first-order valence-corrected chi connectivity index (χ1v) is 9.54. The number of hydrazone groups is 1. The monoisotopic (exact) mass is 366 g/mol. The molecular formula is C22H26N2O3. The van der Waals surface area contributed by atoms with Crippen molar-refractivity contribution in [1.29, 1.82) is 0 Å². The normalized spacial score (nSPS) is 13.2. The maximum atomic E-state index is 11.9. The fourth-order valence-corrected chi connectivity index (χ4v) is 3.06. The highest BCUT2D eigenvalue weighted by Gasteiger charge is 2.10. The van der Waals surface area contributed by atoms with Gasteiger partial charge in [0.15, 0.2) is 6.61 Å². The summed E-state index contributed by atoms with van der Waals surface area (Å²) >= 11 is 0. The largest absolute Gasteiger partial charge is 0.494 e. The molecule has 1 aliphatic carbocycles. The molecule has 0 unspecified atom stereocenters. The lowest BCUT2D eigenvalue weighted by Crippen LogP contribution is -2.24. The van der Waals surface area contributed by atoms with Gasteiger partial charge < -0.3 is 9.47 Å². The Labute approximate surface area is 160 Å². The van der Waals surface area contributed by atoms with Gasteiger partial charge in [-0.1, -0.05) is 25.1 Å². The number of amides is 1. The molecule has 5 nitrogen and oxygen atoms in total. The number of fused-ring (bicyclic) bond motifs is 1. The number of hydrogen-bond acceptors (Lipinski definition) is 4. The van der Waals surface area contributed by atoms with Crippen LogP contribution >= 0.6 is 0 Å². The van der Waals surface area contributed by atoms with Crippen LogP contribution in [0.15, 0.2) is 47.6 Å². The van der Waals surface area contributed by atoms with Crippen molar-refractivity contribution in [3.05, 3.63) is 59.2 Å². The zero-order valence-electron chi connectivity index (χ0n) is 15.7. The molecular weight excluding hydrogens is 340 g/mol. The highest BCUT2D eigenvalue weighted by Crippen LogP contribution is 2.25. The molecule has 27 heavy (non-hydrogen) atoms. The number of benzene rings is 2. The van der Waals surface area contributed by atoms with Gasteiger partial charge in [0.2, 0.25) is 0 Å². The first kappa shape index (κ1) is 19.0. The Bertz CT molecular complexity index is 802. The minimum absolute atomic E-state index is 0.0597. The van der Waals surface area contributed by atoms with Crippen LogP contribution in [0, 0.1) is 0 Å². The third-order valence-electron chi connectivity index (χ3n) is 4.42. The number of nitrogens with one attached hydrogen (secondary N) is 1. The lowest BCUT2D eigenvalue weighted by molar-refractivity contribution is -0.123. The zero-order valence-corrected chi connectivity index (χ0v) is 15.7. The number of hydrogen-bond donors (Lipinski definition) is 1. The summed E-state index contributed by atoms with van der Waals surface area (Å²) in [6.45, 7) is 2.68. The van der Waals surface area contributed by atoms with Crippen LogP contribution in [-0.4, -0.2) is 25.3 Å². The van der Waals surface area contributed by atoms with Gasteiger partial charge in [-0.3, -0.25) is 4.79 Å². The van der Waals surface area contributed by atoms with Crippen molar-refractivity contribution in [3.8, 4) is 11.5 Å². The van der Waals surface area contributed by atoms with Crippen LogP contribution in [0.4, 0.5) is 0 Å². The van der Waals surface area contributed by atoms with E-state index in [1.807, 2.05) is 36.4 Å². The number of carbonyl (C=O) groups excluding carboxylic acids is 1. The van der Waals surface area contributed by atoms with Gasteiger partial charge in [0.1, 0.15) is 11.5 Å². The van der Waals surface area contributed by atoms with Crippen molar-refractivity contribution >= 4 is 12.1 Å². The molecule has 1 N–H and O–H groups in total. The average Bonchev–Trinajstić information content (AvgIpc) is 2.71. The van der Waals surface area contributed by atoms with Crippen LogP contribution in [0.1, 0.15) is 42.9 Å². The molecule has 0 radical (unpaired) electrons. The van der Waals surface area contributed by atoms with E-state index in [1.54, 1.807) is 6.21 Å².